The molecule has 1 heterocycles. The van der Waals surface area contributed by atoms with E-state index in [0.717, 1.165) is 25.9 Å². The zero-order valence-electron chi connectivity index (χ0n) is 16.4. The number of benzene rings is 2. The van der Waals surface area contributed by atoms with Gasteiger partial charge in [-0.3, -0.25) is 4.79 Å². The molecule has 1 aliphatic rings. The van der Waals surface area contributed by atoms with Gasteiger partial charge in [-0.05, 0) is 63.8 Å². The number of hydrogen-bond donors (Lipinski definition) is 1. The van der Waals surface area contributed by atoms with Gasteiger partial charge in [0.1, 0.15) is 0 Å². The van der Waals surface area contributed by atoms with Crippen molar-refractivity contribution in [3.05, 3.63) is 64.7 Å². The average Bonchev–Trinajstić information content (AvgIpc) is 2.62. The van der Waals surface area contributed by atoms with Gasteiger partial charge in [-0.1, -0.05) is 41.5 Å². The van der Waals surface area contributed by atoms with Crippen LogP contribution in [0.4, 0.5) is 5.69 Å². The smallest absolute Gasteiger partial charge is 0.223 e. The maximum absolute atomic E-state index is 12.7. The number of piperidine rings is 1. The largest absolute Gasteiger partial charge is 0.371 e. The summed E-state index contributed by atoms with van der Waals surface area (Å²) in [5.41, 5.74) is 6.25. The van der Waals surface area contributed by atoms with E-state index in [2.05, 4.69) is 80.4 Å². The minimum absolute atomic E-state index is 0.0539. The van der Waals surface area contributed by atoms with Crippen molar-refractivity contribution in [2.45, 2.75) is 46.6 Å². The van der Waals surface area contributed by atoms with Gasteiger partial charge in [0, 0.05) is 24.7 Å². The van der Waals surface area contributed by atoms with Crippen LogP contribution in [-0.4, -0.2) is 19.0 Å². The van der Waals surface area contributed by atoms with Crippen LogP contribution in [0, 0.1) is 26.7 Å². The third-order valence-corrected chi connectivity index (χ3v) is 5.52. The fourth-order valence-corrected chi connectivity index (χ4v) is 3.88. The molecule has 0 saturated carbocycles. The molecular weight excluding hydrogens is 320 g/mol. The van der Waals surface area contributed by atoms with E-state index >= 15 is 0 Å². The first-order chi connectivity index (χ1) is 12.4. The summed E-state index contributed by atoms with van der Waals surface area (Å²) in [5.74, 6) is 0.311. The van der Waals surface area contributed by atoms with Crippen LogP contribution in [0.25, 0.3) is 0 Å². The summed E-state index contributed by atoms with van der Waals surface area (Å²) in [6, 6.07) is 15.1. The summed E-state index contributed by atoms with van der Waals surface area (Å²) >= 11 is 0. The van der Waals surface area contributed by atoms with Gasteiger partial charge >= 0.3 is 0 Å². The van der Waals surface area contributed by atoms with E-state index in [9.17, 15) is 4.79 Å². The Labute approximate surface area is 157 Å². The fourth-order valence-electron chi connectivity index (χ4n) is 3.88. The molecule has 0 radical (unpaired) electrons. The summed E-state index contributed by atoms with van der Waals surface area (Å²) in [5, 5.41) is 3.23. The highest BCUT2D eigenvalue weighted by molar-refractivity contribution is 5.79. The number of carbonyl (C=O) groups excluding carboxylic acids is 1. The highest BCUT2D eigenvalue weighted by Gasteiger charge is 2.26. The van der Waals surface area contributed by atoms with Crippen molar-refractivity contribution in [2.24, 2.45) is 5.92 Å². The van der Waals surface area contributed by atoms with Gasteiger partial charge in [-0.2, -0.15) is 0 Å². The molecule has 3 rings (SSSR count). The number of amides is 1. The molecule has 2 aromatic rings. The van der Waals surface area contributed by atoms with Crippen molar-refractivity contribution >= 4 is 11.6 Å². The molecule has 0 spiro atoms. The summed E-state index contributed by atoms with van der Waals surface area (Å²) in [4.78, 5) is 15.1. The van der Waals surface area contributed by atoms with Crippen molar-refractivity contribution in [3.63, 3.8) is 0 Å². The van der Waals surface area contributed by atoms with Crippen LogP contribution in [-0.2, 0) is 4.79 Å². The molecule has 138 valence electrons. The van der Waals surface area contributed by atoms with E-state index in [0.29, 0.717) is 0 Å². The first-order valence-corrected chi connectivity index (χ1v) is 9.63. The standard InChI is InChI=1S/C23H30N2O/c1-16-5-8-21(9-6-16)25-13-11-20(12-14-25)23(26)24-19(4)22-10-7-17(2)15-18(22)3/h5-10,15,19-20H,11-14H2,1-4H3,(H,24,26). The van der Waals surface area contributed by atoms with Crippen molar-refractivity contribution in [1.29, 1.82) is 0 Å². The van der Waals surface area contributed by atoms with Crippen LogP contribution in [0.5, 0.6) is 0 Å². The summed E-state index contributed by atoms with van der Waals surface area (Å²) in [6.45, 7) is 10.3. The topological polar surface area (TPSA) is 32.3 Å². The van der Waals surface area contributed by atoms with Crippen molar-refractivity contribution in [3.8, 4) is 0 Å². The van der Waals surface area contributed by atoms with Gasteiger partial charge in [0.05, 0.1) is 6.04 Å². The second kappa shape index (κ2) is 7.94. The van der Waals surface area contributed by atoms with E-state index in [-0.39, 0.29) is 17.9 Å². The Kier molecular flexibility index (Phi) is 5.65. The second-order valence-electron chi connectivity index (χ2n) is 7.69. The molecule has 1 aliphatic heterocycles. The Morgan fingerprint density at radius 3 is 2.23 bits per heavy atom. The Bertz CT molecular complexity index is 758. The maximum atomic E-state index is 12.7. The zero-order chi connectivity index (χ0) is 18.7. The molecule has 1 unspecified atom stereocenters. The van der Waals surface area contributed by atoms with Gasteiger partial charge in [0.2, 0.25) is 5.91 Å². The van der Waals surface area contributed by atoms with Crippen LogP contribution in [0.2, 0.25) is 0 Å². The third kappa shape index (κ3) is 4.27. The highest BCUT2D eigenvalue weighted by atomic mass is 16.1. The number of aryl methyl sites for hydroxylation is 3. The lowest BCUT2D eigenvalue weighted by atomic mass is 9.94. The van der Waals surface area contributed by atoms with Crippen molar-refractivity contribution < 1.29 is 4.79 Å². The van der Waals surface area contributed by atoms with Gasteiger partial charge in [0.15, 0.2) is 0 Å². The summed E-state index contributed by atoms with van der Waals surface area (Å²) in [7, 11) is 0. The number of nitrogens with one attached hydrogen (secondary N) is 1. The Morgan fingerprint density at radius 1 is 1.00 bits per heavy atom. The summed E-state index contributed by atoms with van der Waals surface area (Å²) in [6.07, 6.45) is 1.83. The first kappa shape index (κ1) is 18.5. The SMILES string of the molecule is Cc1ccc(N2CCC(C(=O)NC(C)c3ccc(C)cc3C)CC2)cc1. The molecular formula is C23H30N2O. The third-order valence-electron chi connectivity index (χ3n) is 5.52. The average molecular weight is 351 g/mol. The van der Waals surface area contributed by atoms with E-state index < -0.39 is 0 Å². The van der Waals surface area contributed by atoms with Crippen molar-refractivity contribution in [2.75, 3.05) is 18.0 Å². The lowest BCUT2D eigenvalue weighted by Crippen LogP contribution is -2.41. The van der Waals surface area contributed by atoms with Crippen LogP contribution in [0.15, 0.2) is 42.5 Å². The van der Waals surface area contributed by atoms with Crippen LogP contribution < -0.4 is 10.2 Å². The first-order valence-electron chi connectivity index (χ1n) is 9.63. The normalized spacial score (nSPS) is 16.4. The number of nitrogens with zero attached hydrogens (tertiary/aromatic N) is 1. The van der Waals surface area contributed by atoms with E-state index in [4.69, 9.17) is 0 Å². The highest BCUT2D eigenvalue weighted by Crippen LogP contribution is 2.25. The molecule has 0 aliphatic carbocycles. The second-order valence-corrected chi connectivity index (χ2v) is 7.69. The molecule has 1 amide bonds. The molecule has 1 saturated heterocycles. The molecule has 1 N–H and O–H groups in total. The Hall–Kier alpha value is -2.29. The van der Waals surface area contributed by atoms with Gasteiger partial charge < -0.3 is 10.2 Å². The number of hydrogen-bond acceptors (Lipinski definition) is 2. The lowest BCUT2D eigenvalue weighted by molar-refractivity contribution is -0.126. The molecule has 0 bridgehead atoms. The molecule has 1 fully saturated rings. The molecule has 1 atom stereocenters. The zero-order valence-corrected chi connectivity index (χ0v) is 16.4. The molecule has 3 heteroatoms. The van der Waals surface area contributed by atoms with Gasteiger partial charge in [-0.25, -0.2) is 0 Å². The quantitative estimate of drug-likeness (QED) is 0.866. The minimum atomic E-state index is 0.0539. The van der Waals surface area contributed by atoms with Crippen molar-refractivity contribution in [1.82, 2.24) is 5.32 Å². The summed E-state index contributed by atoms with van der Waals surface area (Å²) < 4.78 is 0. The van der Waals surface area contributed by atoms with Crippen LogP contribution in [0.1, 0.15) is 48.1 Å². The van der Waals surface area contributed by atoms with E-state index in [1.165, 1.54) is 27.9 Å². The molecule has 2 aromatic carbocycles. The van der Waals surface area contributed by atoms with Crippen LogP contribution >= 0.6 is 0 Å². The number of rotatable bonds is 4. The molecule has 26 heavy (non-hydrogen) atoms. The monoisotopic (exact) mass is 350 g/mol. The fraction of sp³-hybridized carbons (Fsp3) is 0.435. The van der Waals surface area contributed by atoms with E-state index in [1.807, 2.05) is 0 Å². The number of anilines is 1. The number of carbonyl (C=O) groups is 1. The Balaban J connectivity index is 1.55. The van der Waals surface area contributed by atoms with Crippen LogP contribution in [0.3, 0.4) is 0 Å². The van der Waals surface area contributed by atoms with Gasteiger partial charge in [0.25, 0.3) is 0 Å². The predicted molar refractivity (Wildman–Crippen MR) is 109 cm³/mol. The lowest BCUT2D eigenvalue weighted by Gasteiger charge is -2.33. The predicted octanol–water partition coefficient (Wildman–Crippen LogP) is 4.71. The Morgan fingerprint density at radius 2 is 1.62 bits per heavy atom. The minimum Gasteiger partial charge on any atom is -0.371 e. The molecule has 3 nitrogen and oxygen atoms in total. The van der Waals surface area contributed by atoms with E-state index in [1.54, 1.807) is 0 Å². The maximum Gasteiger partial charge on any atom is 0.223 e. The molecule has 0 aromatic heterocycles. The van der Waals surface area contributed by atoms with Gasteiger partial charge in [-0.15, -0.1) is 0 Å².